The summed E-state index contributed by atoms with van der Waals surface area (Å²) in [6, 6.07) is 0.524. The van der Waals surface area contributed by atoms with Crippen molar-refractivity contribution in [2.24, 2.45) is 17.6 Å². The van der Waals surface area contributed by atoms with Gasteiger partial charge in [0.15, 0.2) is 0 Å². The van der Waals surface area contributed by atoms with E-state index in [9.17, 15) is 5.11 Å². The summed E-state index contributed by atoms with van der Waals surface area (Å²) in [5.41, 5.74) is 5.73. The molecule has 96 valence electrons. The molecule has 1 aliphatic carbocycles. The molecule has 0 amide bonds. The Labute approximate surface area is 100 Å². The Bertz CT molecular complexity index is 218. The molecule has 0 spiro atoms. The minimum atomic E-state index is -0.144. The van der Waals surface area contributed by atoms with Gasteiger partial charge in [-0.15, -0.1) is 0 Å². The predicted octanol–water partition coefficient (Wildman–Crippen LogP) is 1.45. The molecule has 0 aromatic rings. The van der Waals surface area contributed by atoms with Crippen molar-refractivity contribution in [3.05, 3.63) is 0 Å². The van der Waals surface area contributed by atoms with Crippen molar-refractivity contribution in [2.45, 2.75) is 51.6 Å². The lowest BCUT2D eigenvalue weighted by Gasteiger charge is -2.46. The number of rotatable bonds is 4. The van der Waals surface area contributed by atoms with E-state index in [1.165, 1.54) is 19.3 Å². The molecule has 0 radical (unpaired) electrons. The van der Waals surface area contributed by atoms with E-state index in [-0.39, 0.29) is 12.1 Å². The summed E-state index contributed by atoms with van der Waals surface area (Å²) in [4.78, 5) is 2.33. The Hall–Kier alpha value is -0.120. The standard InChI is InChI=1S/C13H28N2O/c1-10-5-6-11(8-14)12(7-10)15(4)13(2,3)9-16/h10-12,16H,5-9,14H2,1-4H3. The first kappa shape index (κ1) is 13.9. The molecule has 3 atom stereocenters. The van der Waals surface area contributed by atoms with Gasteiger partial charge in [0.2, 0.25) is 0 Å². The maximum absolute atomic E-state index is 9.45. The average molecular weight is 228 g/mol. The van der Waals surface area contributed by atoms with Crippen LogP contribution in [0.2, 0.25) is 0 Å². The van der Waals surface area contributed by atoms with Crippen LogP contribution in [0.4, 0.5) is 0 Å². The summed E-state index contributed by atoms with van der Waals surface area (Å²) in [5.74, 6) is 1.37. The first-order valence-corrected chi connectivity index (χ1v) is 6.46. The highest BCUT2D eigenvalue weighted by Gasteiger charge is 2.36. The molecule has 3 heteroatoms. The van der Waals surface area contributed by atoms with Crippen LogP contribution in [0.25, 0.3) is 0 Å². The molecule has 0 aromatic heterocycles. The summed E-state index contributed by atoms with van der Waals surface area (Å²) in [7, 11) is 2.13. The number of aliphatic hydroxyl groups excluding tert-OH is 1. The van der Waals surface area contributed by atoms with Gasteiger partial charge in [0, 0.05) is 11.6 Å². The van der Waals surface area contributed by atoms with Gasteiger partial charge in [0.05, 0.1) is 6.61 Å². The van der Waals surface area contributed by atoms with Gasteiger partial charge in [-0.3, -0.25) is 4.90 Å². The summed E-state index contributed by atoms with van der Waals surface area (Å²) < 4.78 is 0. The highest BCUT2D eigenvalue weighted by molar-refractivity contribution is 4.91. The van der Waals surface area contributed by atoms with Crippen molar-refractivity contribution < 1.29 is 5.11 Å². The van der Waals surface area contributed by atoms with E-state index in [4.69, 9.17) is 5.73 Å². The summed E-state index contributed by atoms with van der Waals surface area (Å²) in [6.07, 6.45) is 3.74. The number of nitrogens with two attached hydrogens (primary N) is 1. The second-order valence-corrected chi connectivity index (χ2v) is 6.06. The Kier molecular flexibility index (Phi) is 4.77. The molecule has 0 bridgehead atoms. The lowest BCUT2D eigenvalue weighted by molar-refractivity contribution is 0.000828. The van der Waals surface area contributed by atoms with Crippen LogP contribution in [0.3, 0.4) is 0 Å². The van der Waals surface area contributed by atoms with Gasteiger partial charge in [-0.05, 0) is 52.1 Å². The molecular formula is C13H28N2O. The molecule has 0 aliphatic heterocycles. The zero-order valence-electron chi connectivity index (χ0n) is 11.2. The molecule has 1 saturated carbocycles. The molecule has 1 aliphatic rings. The van der Waals surface area contributed by atoms with Crippen LogP contribution in [0.15, 0.2) is 0 Å². The first-order chi connectivity index (χ1) is 7.42. The van der Waals surface area contributed by atoms with Crippen LogP contribution in [0.1, 0.15) is 40.0 Å². The Morgan fingerprint density at radius 2 is 2.00 bits per heavy atom. The highest BCUT2D eigenvalue weighted by Crippen LogP contribution is 2.33. The fourth-order valence-electron chi connectivity index (χ4n) is 2.72. The van der Waals surface area contributed by atoms with Gasteiger partial charge in [-0.2, -0.15) is 0 Å². The molecule has 3 N–H and O–H groups in total. The van der Waals surface area contributed by atoms with Gasteiger partial charge in [-0.25, -0.2) is 0 Å². The normalized spacial score (nSPS) is 32.1. The fraction of sp³-hybridized carbons (Fsp3) is 1.00. The molecular weight excluding hydrogens is 200 g/mol. The summed E-state index contributed by atoms with van der Waals surface area (Å²) in [5, 5.41) is 9.45. The van der Waals surface area contributed by atoms with Gasteiger partial charge in [-0.1, -0.05) is 13.3 Å². The number of hydrogen-bond acceptors (Lipinski definition) is 3. The molecule has 16 heavy (non-hydrogen) atoms. The molecule has 0 saturated heterocycles. The second-order valence-electron chi connectivity index (χ2n) is 6.06. The van der Waals surface area contributed by atoms with Crippen molar-refractivity contribution in [1.82, 2.24) is 4.90 Å². The molecule has 1 fully saturated rings. The minimum Gasteiger partial charge on any atom is -0.394 e. The Morgan fingerprint density at radius 1 is 1.38 bits per heavy atom. The highest BCUT2D eigenvalue weighted by atomic mass is 16.3. The van der Waals surface area contributed by atoms with E-state index in [2.05, 4.69) is 32.7 Å². The van der Waals surface area contributed by atoms with E-state index in [1.54, 1.807) is 0 Å². The number of hydrogen-bond donors (Lipinski definition) is 2. The van der Waals surface area contributed by atoms with Crippen molar-refractivity contribution in [1.29, 1.82) is 0 Å². The number of nitrogens with zero attached hydrogens (tertiary/aromatic N) is 1. The largest absolute Gasteiger partial charge is 0.394 e. The topological polar surface area (TPSA) is 49.5 Å². The van der Waals surface area contributed by atoms with Gasteiger partial charge in [0.25, 0.3) is 0 Å². The van der Waals surface area contributed by atoms with Crippen molar-refractivity contribution in [3.8, 4) is 0 Å². The summed E-state index contributed by atoms with van der Waals surface area (Å²) in [6.45, 7) is 7.48. The first-order valence-electron chi connectivity index (χ1n) is 6.46. The smallest absolute Gasteiger partial charge is 0.0610 e. The van der Waals surface area contributed by atoms with Gasteiger partial charge >= 0.3 is 0 Å². The van der Waals surface area contributed by atoms with Crippen LogP contribution < -0.4 is 5.73 Å². The quantitative estimate of drug-likeness (QED) is 0.766. The third-order valence-electron chi connectivity index (χ3n) is 4.36. The third kappa shape index (κ3) is 2.96. The zero-order valence-corrected chi connectivity index (χ0v) is 11.2. The van der Waals surface area contributed by atoms with Crippen molar-refractivity contribution in [3.63, 3.8) is 0 Å². The average Bonchev–Trinajstić information content (AvgIpc) is 2.28. The molecule has 3 nitrogen and oxygen atoms in total. The van der Waals surface area contributed by atoms with E-state index >= 15 is 0 Å². The Balaban J connectivity index is 2.74. The lowest BCUT2D eigenvalue weighted by Crippen LogP contribution is -2.55. The number of aliphatic hydroxyl groups is 1. The van der Waals surface area contributed by atoms with E-state index < -0.39 is 0 Å². The maximum Gasteiger partial charge on any atom is 0.0610 e. The number of likely N-dealkylation sites (N-methyl/N-ethyl adjacent to an activating group) is 1. The SMILES string of the molecule is CC1CCC(CN)C(N(C)C(C)(C)CO)C1. The maximum atomic E-state index is 9.45. The predicted molar refractivity (Wildman–Crippen MR) is 68.3 cm³/mol. The van der Waals surface area contributed by atoms with E-state index in [1.807, 2.05) is 0 Å². The molecule has 0 aromatic carbocycles. The zero-order chi connectivity index (χ0) is 12.3. The summed E-state index contributed by atoms with van der Waals surface area (Å²) >= 11 is 0. The lowest BCUT2D eigenvalue weighted by atomic mass is 9.77. The van der Waals surface area contributed by atoms with Crippen LogP contribution >= 0.6 is 0 Å². The fourth-order valence-corrected chi connectivity index (χ4v) is 2.72. The second kappa shape index (κ2) is 5.48. The van der Waals surface area contributed by atoms with Crippen LogP contribution in [-0.4, -0.2) is 41.8 Å². The Morgan fingerprint density at radius 3 is 2.50 bits per heavy atom. The van der Waals surface area contributed by atoms with Crippen LogP contribution in [0.5, 0.6) is 0 Å². The van der Waals surface area contributed by atoms with Gasteiger partial charge in [0.1, 0.15) is 0 Å². The molecule has 1 rings (SSSR count). The third-order valence-corrected chi connectivity index (χ3v) is 4.36. The molecule has 3 unspecified atom stereocenters. The van der Waals surface area contributed by atoms with Crippen LogP contribution in [0, 0.1) is 11.8 Å². The monoisotopic (exact) mass is 228 g/mol. The van der Waals surface area contributed by atoms with Crippen molar-refractivity contribution >= 4 is 0 Å². The van der Waals surface area contributed by atoms with Crippen LogP contribution in [-0.2, 0) is 0 Å². The van der Waals surface area contributed by atoms with Gasteiger partial charge < -0.3 is 10.8 Å². The van der Waals surface area contributed by atoms with E-state index in [0.29, 0.717) is 12.0 Å². The minimum absolute atomic E-state index is 0.144. The van der Waals surface area contributed by atoms with Crippen molar-refractivity contribution in [2.75, 3.05) is 20.2 Å². The molecule has 0 heterocycles. The van der Waals surface area contributed by atoms with E-state index in [0.717, 1.165) is 12.5 Å².